The summed E-state index contributed by atoms with van der Waals surface area (Å²) in [6.07, 6.45) is 2.02. The van der Waals surface area contributed by atoms with E-state index in [2.05, 4.69) is 47.6 Å². The predicted octanol–water partition coefficient (Wildman–Crippen LogP) is 3.39. The zero-order valence-electron chi connectivity index (χ0n) is 9.80. The molecule has 2 heteroatoms. The molecule has 3 rings (SSSR count). The number of hydrogen-bond acceptors (Lipinski definition) is 1. The van der Waals surface area contributed by atoms with Crippen molar-refractivity contribution in [2.24, 2.45) is 0 Å². The number of aryl methyl sites for hydroxylation is 1. The first-order chi connectivity index (χ1) is 8.33. The van der Waals surface area contributed by atoms with E-state index >= 15 is 0 Å². The van der Waals surface area contributed by atoms with Crippen LogP contribution in [0.3, 0.4) is 0 Å². The molecular weight excluding hydrogens is 208 g/mol. The van der Waals surface area contributed by atoms with Crippen LogP contribution in [-0.4, -0.2) is 9.78 Å². The molecule has 0 fully saturated rings. The smallest absolute Gasteiger partial charge is 0.0665 e. The molecule has 1 heterocycles. The molecule has 0 saturated carbocycles. The Kier molecular flexibility index (Phi) is 2.41. The minimum Gasteiger partial charge on any atom is -0.268 e. The molecule has 17 heavy (non-hydrogen) atoms. The van der Waals surface area contributed by atoms with Crippen LogP contribution in [0.2, 0.25) is 0 Å². The molecule has 0 radical (unpaired) electrons. The average molecular weight is 222 g/mol. The zero-order valence-corrected chi connectivity index (χ0v) is 9.80. The Bertz CT molecular complexity index is 647. The highest BCUT2D eigenvalue weighted by molar-refractivity contribution is 5.85. The highest BCUT2D eigenvalue weighted by Crippen LogP contribution is 2.19. The summed E-state index contributed by atoms with van der Waals surface area (Å²) >= 11 is 0. The summed E-state index contributed by atoms with van der Waals surface area (Å²) < 4.78 is 1.98. The van der Waals surface area contributed by atoms with Crippen molar-refractivity contribution in [2.75, 3.05) is 0 Å². The van der Waals surface area contributed by atoms with Gasteiger partial charge in [-0.3, -0.25) is 4.68 Å². The van der Waals surface area contributed by atoms with Crippen molar-refractivity contribution in [1.29, 1.82) is 0 Å². The van der Waals surface area contributed by atoms with E-state index in [9.17, 15) is 0 Å². The standard InChI is InChI=1S/C15H14N2/c1-12-9-10-17(16-12)11-14-7-4-6-13-5-2-3-8-15(13)14/h2-10H,11H2,1H3. The molecule has 0 bridgehead atoms. The van der Waals surface area contributed by atoms with Gasteiger partial charge in [0.15, 0.2) is 0 Å². The fourth-order valence-corrected chi connectivity index (χ4v) is 2.16. The highest BCUT2D eigenvalue weighted by Gasteiger charge is 2.01. The van der Waals surface area contributed by atoms with E-state index in [1.54, 1.807) is 0 Å². The van der Waals surface area contributed by atoms with Gasteiger partial charge in [0.25, 0.3) is 0 Å². The molecule has 0 saturated heterocycles. The number of aromatic nitrogens is 2. The molecule has 0 atom stereocenters. The third-order valence-corrected chi connectivity index (χ3v) is 2.99. The largest absolute Gasteiger partial charge is 0.268 e. The Hall–Kier alpha value is -2.09. The highest BCUT2D eigenvalue weighted by atomic mass is 15.3. The minimum absolute atomic E-state index is 0.829. The molecule has 0 aliphatic heterocycles. The van der Waals surface area contributed by atoms with Gasteiger partial charge in [0.1, 0.15) is 0 Å². The first kappa shape index (κ1) is 10.1. The van der Waals surface area contributed by atoms with Crippen LogP contribution in [0, 0.1) is 6.92 Å². The molecule has 1 aromatic heterocycles. The summed E-state index contributed by atoms with van der Waals surface area (Å²) in [6.45, 7) is 2.84. The summed E-state index contributed by atoms with van der Waals surface area (Å²) in [6, 6.07) is 16.9. The summed E-state index contributed by atoms with van der Waals surface area (Å²) in [5.74, 6) is 0. The summed E-state index contributed by atoms with van der Waals surface area (Å²) in [5, 5.41) is 7.02. The second-order valence-electron chi connectivity index (χ2n) is 4.29. The first-order valence-corrected chi connectivity index (χ1v) is 5.79. The fourth-order valence-electron chi connectivity index (χ4n) is 2.16. The fraction of sp³-hybridized carbons (Fsp3) is 0.133. The monoisotopic (exact) mass is 222 g/mol. The van der Waals surface area contributed by atoms with Gasteiger partial charge in [0.05, 0.1) is 12.2 Å². The van der Waals surface area contributed by atoms with Crippen LogP contribution in [0.25, 0.3) is 10.8 Å². The second kappa shape index (κ2) is 4.06. The van der Waals surface area contributed by atoms with E-state index in [0.717, 1.165) is 12.2 Å². The van der Waals surface area contributed by atoms with Crippen LogP contribution in [0.5, 0.6) is 0 Å². The molecule has 2 aromatic carbocycles. The van der Waals surface area contributed by atoms with Gasteiger partial charge < -0.3 is 0 Å². The number of nitrogens with zero attached hydrogens (tertiary/aromatic N) is 2. The van der Waals surface area contributed by atoms with Gasteiger partial charge in [-0.25, -0.2) is 0 Å². The average Bonchev–Trinajstić information content (AvgIpc) is 2.75. The van der Waals surface area contributed by atoms with Crippen LogP contribution in [-0.2, 0) is 6.54 Å². The molecule has 2 nitrogen and oxygen atoms in total. The van der Waals surface area contributed by atoms with Gasteiger partial charge >= 0.3 is 0 Å². The van der Waals surface area contributed by atoms with E-state index in [0.29, 0.717) is 0 Å². The summed E-state index contributed by atoms with van der Waals surface area (Å²) in [5.41, 5.74) is 2.37. The maximum atomic E-state index is 4.43. The lowest BCUT2D eigenvalue weighted by Gasteiger charge is -2.06. The van der Waals surface area contributed by atoms with E-state index in [1.165, 1.54) is 16.3 Å². The Balaban J connectivity index is 2.05. The van der Waals surface area contributed by atoms with Crippen LogP contribution in [0.4, 0.5) is 0 Å². The van der Waals surface area contributed by atoms with Gasteiger partial charge in [-0.15, -0.1) is 0 Å². The lowest BCUT2D eigenvalue weighted by molar-refractivity contribution is 0.682. The molecule has 84 valence electrons. The van der Waals surface area contributed by atoms with Crippen LogP contribution < -0.4 is 0 Å². The molecule has 0 aliphatic rings. The van der Waals surface area contributed by atoms with Crippen molar-refractivity contribution >= 4 is 10.8 Å². The summed E-state index contributed by atoms with van der Waals surface area (Å²) in [4.78, 5) is 0. The Labute approximate surface area is 101 Å². The number of benzene rings is 2. The van der Waals surface area contributed by atoms with Gasteiger partial charge in [-0.05, 0) is 29.3 Å². The molecule has 0 aliphatic carbocycles. The normalized spacial score (nSPS) is 10.9. The van der Waals surface area contributed by atoms with Gasteiger partial charge in [-0.1, -0.05) is 42.5 Å². The topological polar surface area (TPSA) is 17.8 Å². The molecule has 0 unspecified atom stereocenters. The Morgan fingerprint density at radius 2 is 1.82 bits per heavy atom. The van der Waals surface area contributed by atoms with E-state index in [-0.39, 0.29) is 0 Å². The quantitative estimate of drug-likeness (QED) is 0.650. The van der Waals surface area contributed by atoms with E-state index < -0.39 is 0 Å². The number of rotatable bonds is 2. The molecule has 0 amide bonds. The zero-order chi connectivity index (χ0) is 11.7. The van der Waals surface area contributed by atoms with Crippen molar-refractivity contribution in [3.63, 3.8) is 0 Å². The minimum atomic E-state index is 0.829. The number of fused-ring (bicyclic) bond motifs is 1. The molecule has 0 spiro atoms. The number of hydrogen-bond donors (Lipinski definition) is 0. The van der Waals surface area contributed by atoms with Crippen molar-refractivity contribution in [1.82, 2.24) is 9.78 Å². The lowest BCUT2D eigenvalue weighted by atomic mass is 10.0. The van der Waals surface area contributed by atoms with Crippen molar-refractivity contribution in [3.8, 4) is 0 Å². The van der Waals surface area contributed by atoms with Crippen molar-refractivity contribution in [3.05, 3.63) is 66.0 Å². The molecule has 0 N–H and O–H groups in total. The van der Waals surface area contributed by atoms with E-state index in [1.807, 2.05) is 23.9 Å². The second-order valence-corrected chi connectivity index (χ2v) is 4.29. The van der Waals surface area contributed by atoms with Gasteiger partial charge in [0.2, 0.25) is 0 Å². The van der Waals surface area contributed by atoms with Gasteiger partial charge in [0, 0.05) is 6.20 Å². The lowest BCUT2D eigenvalue weighted by Crippen LogP contribution is -2.01. The summed E-state index contributed by atoms with van der Waals surface area (Å²) in [7, 11) is 0. The van der Waals surface area contributed by atoms with Crippen molar-refractivity contribution in [2.45, 2.75) is 13.5 Å². The molecule has 3 aromatic rings. The van der Waals surface area contributed by atoms with Crippen LogP contribution in [0.15, 0.2) is 54.7 Å². The Morgan fingerprint density at radius 3 is 2.65 bits per heavy atom. The predicted molar refractivity (Wildman–Crippen MR) is 70.0 cm³/mol. The van der Waals surface area contributed by atoms with Gasteiger partial charge in [-0.2, -0.15) is 5.10 Å². The Morgan fingerprint density at radius 1 is 1.00 bits per heavy atom. The third-order valence-electron chi connectivity index (χ3n) is 2.99. The third kappa shape index (κ3) is 1.94. The van der Waals surface area contributed by atoms with Crippen molar-refractivity contribution < 1.29 is 0 Å². The van der Waals surface area contributed by atoms with Crippen LogP contribution >= 0.6 is 0 Å². The van der Waals surface area contributed by atoms with Crippen LogP contribution in [0.1, 0.15) is 11.3 Å². The first-order valence-electron chi connectivity index (χ1n) is 5.79. The maximum absolute atomic E-state index is 4.43. The maximum Gasteiger partial charge on any atom is 0.0665 e. The van der Waals surface area contributed by atoms with E-state index in [4.69, 9.17) is 0 Å². The molecular formula is C15H14N2. The SMILES string of the molecule is Cc1ccn(Cc2cccc3ccccc23)n1.